The molecule has 2 aromatic rings. The third-order valence-corrected chi connectivity index (χ3v) is 7.39. The second kappa shape index (κ2) is 9.00. The van der Waals surface area contributed by atoms with Crippen LogP contribution in [0.15, 0.2) is 53.4 Å². The molecule has 2 heterocycles. The molecular weight excluding hydrogens is 394 g/mol. The van der Waals surface area contributed by atoms with Crippen LogP contribution < -0.4 is 10.5 Å². The highest BCUT2D eigenvalue weighted by Gasteiger charge is 2.44. The van der Waals surface area contributed by atoms with E-state index in [1.54, 1.807) is 0 Å². The van der Waals surface area contributed by atoms with Gasteiger partial charge in [0.1, 0.15) is 23.3 Å². The molecule has 1 aliphatic rings. The first kappa shape index (κ1) is 22.7. The number of pyridine rings is 1. The van der Waals surface area contributed by atoms with Gasteiger partial charge in [-0.1, -0.05) is 26.0 Å². The Morgan fingerprint density at radius 3 is 2.43 bits per heavy atom. The lowest BCUT2D eigenvalue weighted by Gasteiger charge is -2.48. The minimum Gasteiger partial charge on any atom is -0.489 e. The maximum absolute atomic E-state index is 13.4. The van der Waals surface area contributed by atoms with Crippen LogP contribution in [-0.2, 0) is 17.6 Å². The van der Waals surface area contributed by atoms with Gasteiger partial charge in [0.2, 0.25) is 0 Å². The van der Waals surface area contributed by atoms with Crippen molar-refractivity contribution < 1.29 is 8.95 Å². The normalized spacial score (nSPS) is 21.3. The van der Waals surface area contributed by atoms with Crippen molar-refractivity contribution in [2.45, 2.75) is 64.6 Å². The van der Waals surface area contributed by atoms with Gasteiger partial charge >= 0.3 is 0 Å². The monoisotopic (exact) mass is 427 g/mol. The molecule has 0 bridgehead atoms. The Morgan fingerprint density at radius 1 is 1.27 bits per heavy atom. The van der Waals surface area contributed by atoms with E-state index < -0.39 is 11.0 Å². The van der Waals surface area contributed by atoms with Crippen LogP contribution in [0.25, 0.3) is 0 Å². The van der Waals surface area contributed by atoms with E-state index in [-0.39, 0.29) is 17.5 Å². The van der Waals surface area contributed by atoms with E-state index >= 15 is 0 Å². The van der Waals surface area contributed by atoms with E-state index in [1.165, 1.54) is 5.57 Å². The smallest absolute Gasteiger partial charge is 0.127 e. The fraction of sp³-hybridized carbons (Fsp3) is 0.458. The van der Waals surface area contributed by atoms with Crippen LogP contribution in [0.2, 0.25) is 0 Å². The van der Waals surface area contributed by atoms with Crippen molar-refractivity contribution in [1.29, 1.82) is 0 Å². The number of hydrogen-bond donors (Lipinski definition) is 1. The second-order valence-electron chi connectivity index (χ2n) is 8.79. The summed E-state index contributed by atoms with van der Waals surface area (Å²) in [6.07, 6.45) is 0.827. The summed E-state index contributed by atoms with van der Waals surface area (Å²) in [7, 11) is -1.29. The third kappa shape index (κ3) is 4.82. The average Bonchev–Trinajstić information content (AvgIpc) is 2.67. The van der Waals surface area contributed by atoms with Gasteiger partial charge < -0.3 is 10.5 Å². The molecule has 0 amide bonds. The van der Waals surface area contributed by atoms with Crippen LogP contribution in [-0.4, -0.2) is 32.1 Å². The number of benzene rings is 1. The van der Waals surface area contributed by atoms with Crippen molar-refractivity contribution in [2.75, 3.05) is 6.54 Å². The van der Waals surface area contributed by atoms with Crippen molar-refractivity contribution in [3.05, 3.63) is 65.5 Å². The number of nitrogens with zero attached hydrogens (tertiary/aromatic N) is 2. The molecule has 3 atom stereocenters. The van der Waals surface area contributed by atoms with Crippen LogP contribution in [0.4, 0.5) is 0 Å². The molecule has 0 radical (unpaired) electrons. The van der Waals surface area contributed by atoms with Crippen LogP contribution in [0, 0.1) is 19.3 Å². The number of aryl methyl sites for hydroxylation is 2. The Labute approximate surface area is 182 Å². The topological polar surface area (TPSA) is 68.5 Å². The molecule has 2 unspecified atom stereocenters. The fourth-order valence-electron chi connectivity index (χ4n) is 4.34. The maximum atomic E-state index is 13.4. The lowest BCUT2D eigenvalue weighted by molar-refractivity contribution is 0.141. The summed E-state index contributed by atoms with van der Waals surface area (Å²) >= 11 is 0. The first-order chi connectivity index (χ1) is 14.1. The number of hydrogen-bond acceptors (Lipinski definition) is 4. The minimum atomic E-state index is -1.29. The number of aromatic nitrogens is 1. The Morgan fingerprint density at radius 2 is 1.87 bits per heavy atom. The molecule has 0 aliphatic carbocycles. The molecule has 2 N–H and O–H groups in total. The summed E-state index contributed by atoms with van der Waals surface area (Å²) in [5, 5.41) is 0. The van der Waals surface area contributed by atoms with Crippen molar-refractivity contribution >= 4 is 11.0 Å². The molecule has 162 valence electrons. The van der Waals surface area contributed by atoms with Gasteiger partial charge in [-0.15, -0.1) is 0 Å². The number of nitrogens with two attached hydrogens (primary N) is 1. The Hall–Kier alpha value is -2.02. The molecule has 1 saturated heterocycles. The van der Waals surface area contributed by atoms with Gasteiger partial charge in [0.15, 0.2) is 0 Å². The number of piperidine rings is 1. The second-order valence-corrected chi connectivity index (χ2v) is 10.2. The molecular formula is C24H33N3O2S. The lowest BCUT2D eigenvalue weighted by Crippen LogP contribution is -2.58. The van der Waals surface area contributed by atoms with Crippen molar-refractivity contribution in [3.8, 4) is 5.75 Å². The number of rotatable bonds is 6. The predicted octanol–water partition coefficient (Wildman–Crippen LogP) is 4.30. The first-order valence-corrected chi connectivity index (χ1v) is 11.5. The molecule has 30 heavy (non-hydrogen) atoms. The Balaban J connectivity index is 1.72. The van der Waals surface area contributed by atoms with E-state index in [0.717, 1.165) is 34.0 Å². The fourth-order valence-corrected chi connectivity index (χ4v) is 5.90. The highest BCUT2D eigenvalue weighted by atomic mass is 32.2. The zero-order valence-corrected chi connectivity index (χ0v) is 19.5. The van der Waals surface area contributed by atoms with Gasteiger partial charge in [-0.25, -0.2) is 8.51 Å². The van der Waals surface area contributed by atoms with E-state index in [9.17, 15) is 4.21 Å². The van der Waals surface area contributed by atoms with Crippen LogP contribution >= 0.6 is 0 Å². The maximum Gasteiger partial charge on any atom is 0.127 e. The summed E-state index contributed by atoms with van der Waals surface area (Å²) in [6, 6.07) is 11.4. The van der Waals surface area contributed by atoms with E-state index in [1.807, 2.05) is 61.5 Å². The van der Waals surface area contributed by atoms with Gasteiger partial charge in [-0.2, -0.15) is 0 Å². The zero-order chi connectivity index (χ0) is 22.1. The summed E-state index contributed by atoms with van der Waals surface area (Å²) in [6.45, 7) is 15.6. The summed E-state index contributed by atoms with van der Waals surface area (Å²) < 4.78 is 21.3. The van der Waals surface area contributed by atoms with Crippen molar-refractivity contribution in [1.82, 2.24) is 9.29 Å². The first-order valence-electron chi connectivity index (χ1n) is 10.4. The molecule has 1 fully saturated rings. The van der Waals surface area contributed by atoms with Gasteiger partial charge in [0.05, 0.1) is 4.90 Å². The minimum absolute atomic E-state index is 0.0336. The summed E-state index contributed by atoms with van der Waals surface area (Å²) in [5.74, 6) is 0.749. The van der Waals surface area contributed by atoms with Gasteiger partial charge in [-0.3, -0.25) is 4.98 Å². The summed E-state index contributed by atoms with van der Waals surface area (Å²) in [5.41, 5.74) is 10.3. The van der Waals surface area contributed by atoms with Gasteiger partial charge in [-0.05, 0) is 69.2 Å². The molecule has 0 saturated carbocycles. The average molecular weight is 428 g/mol. The molecule has 1 aliphatic heterocycles. The molecule has 3 rings (SSSR count). The standard InChI is InChI=1S/C24H33N3O2S/c1-16-11-12-27(23(19(4)25)24(16,5)6)30(28)22-9-7-21(8-10-22)29-15-20-13-17(2)26-18(3)14-20/h7-10,13-14,19,23H,1,11-12,15,25H2,2-6H3/t19?,23-,30?/m0/s1. The zero-order valence-electron chi connectivity index (χ0n) is 18.6. The molecule has 1 aromatic heterocycles. The quantitative estimate of drug-likeness (QED) is 0.698. The van der Waals surface area contributed by atoms with Crippen molar-refractivity contribution in [2.24, 2.45) is 11.1 Å². The van der Waals surface area contributed by atoms with E-state index in [4.69, 9.17) is 10.5 Å². The van der Waals surface area contributed by atoms with Gasteiger partial charge in [0, 0.05) is 35.4 Å². The van der Waals surface area contributed by atoms with Gasteiger partial charge in [0.25, 0.3) is 0 Å². The highest BCUT2D eigenvalue weighted by Crippen LogP contribution is 2.41. The van der Waals surface area contributed by atoms with Crippen molar-refractivity contribution in [3.63, 3.8) is 0 Å². The van der Waals surface area contributed by atoms with Crippen LogP contribution in [0.1, 0.15) is 44.1 Å². The molecule has 5 nitrogen and oxygen atoms in total. The summed E-state index contributed by atoms with van der Waals surface area (Å²) in [4.78, 5) is 5.15. The Bertz CT molecular complexity index is 918. The molecule has 0 spiro atoms. The highest BCUT2D eigenvalue weighted by molar-refractivity contribution is 7.82. The largest absolute Gasteiger partial charge is 0.489 e. The van der Waals surface area contributed by atoms with Crippen LogP contribution in [0.5, 0.6) is 5.75 Å². The third-order valence-electron chi connectivity index (χ3n) is 5.88. The SMILES string of the molecule is C=C1CCN(S(=O)c2ccc(OCc3cc(C)nc(C)c3)cc2)[C@@H](C(C)N)C1(C)C. The van der Waals surface area contributed by atoms with Crippen LogP contribution in [0.3, 0.4) is 0 Å². The Kier molecular flexibility index (Phi) is 6.80. The molecule has 1 aromatic carbocycles. The van der Waals surface area contributed by atoms with E-state index in [2.05, 4.69) is 25.4 Å². The predicted molar refractivity (Wildman–Crippen MR) is 123 cm³/mol. The van der Waals surface area contributed by atoms with E-state index in [0.29, 0.717) is 13.2 Å². The number of ether oxygens (including phenoxy) is 1. The lowest BCUT2D eigenvalue weighted by atomic mass is 9.72. The molecule has 6 heteroatoms.